The molecular weight excluding hydrogens is 309 g/mol. The Morgan fingerprint density at radius 1 is 1.46 bits per heavy atom. The number of nitrogens with zero attached hydrogens (tertiary/aromatic N) is 2. The minimum atomic E-state index is -0.236. The van der Waals surface area contributed by atoms with Crippen LogP contribution in [-0.4, -0.2) is 34.9 Å². The summed E-state index contributed by atoms with van der Waals surface area (Å²) in [5.74, 6) is 0.0407. The number of nitrogens with one attached hydrogen (secondary N) is 1. The van der Waals surface area contributed by atoms with Gasteiger partial charge in [0, 0.05) is 37.7 Å². The lowest BCUT2D eigenvalue weighted by Gasteiger charge is -2.08. The van der Waals surface area contributed by atoms with Crippen LogP contribution < -0.4 is 5.32 Å². The van der Waals surface area contributed by atoms with Crippen LogP contribution in [0.25, 0.3) is 0 Å². The van der Waals surface area contributed by atoms with Crippen LogP contribution in [0.2, 0.25) is 0 Å². The third-order valence-corrected chi connectivity index (χ3v) is 4.80. The summed E-state index contributed by atoms with van der Waals surface area (Å²) in [5, 5.41) is 7.52. The second kappa shape index (κ2) is 6.02. The van der Waals surface area contributed by atoms with Crippen LogP contribution in [0, 0.1) is 5.82 Å². The molecule has 6 heteroatoms. The fourth-order valence-electron chi connectivity index (χ4n) is 3.44. The van der Waals surface area contributed by atoms with E-state index in [9.17, 15) is 9.18 Å². The molecule has 1 aromatic heterocycles. The minimum Gasteiger partial charge on any atom is -0.381 e. The summed E-state index contributed by atoms with van der Waals surface area (Å²) in [6.07, 6.45) is 3.51. The van der Waals surface area contributed by atoms with E-state index in [1.165, 1.54) is 6.07 Å². The highest BCUT2D eigenvalue weighted by atomic mass is 19.1. The lowest BCUT2D eigenvalue weighted by molar-refractivity contribution is 0.0948. The summed E-state index contributed by atoms with van der Waals surface area (Å²) in [7, 11) is 1.82. The number of carbonyl (C=O) groups excluding carboxylic acids is 1. The molecule has 2 aliphatic rings. The standard InChI is InChI=1S/C18H20FN3O2/c1-22-9-15(17(21-22)12-5-6-24-10-12)18(23)20-16-8-14(16)11-3-2-4-13(19)7-11/h2-4,7,9,12,14,16H,5-6,8,10H2,1H3,(H,20,23). The smallest absolute Gasteiger partial charge is 0.255 e. The van der Waals surface area contributed by atoms with Crippen molar-refractivity contribution in [3.63, 3.8) is 0 Å². The first-order valence-corrected chi connectivity index (χ1v) is 8.29. The van der Waals surface area contributed by atoms with E-state index < -0.39 is 0 Å². The van der Waals surface area contributed by atoms with Gasteiger partial charge >= 0.3 is 0 Å². The number of benzene rings is 1. The molecule has 1 aromatic carbocycles. The molecule has 1 aliphatic heterocycles. The third-order valence-electron chi connectivity index (χ3n) is 4.80. The summed E-state index contributed by atoms with van der Waals surface area (Å²) in [5.41, 5.74) is 2.38. The molecule has 3 unspecified atom stereocenters. The molecule has 2 fully saturated rings. The Balaban J connectivity index is 1.46. The zero-order chi connectivity index (χ0) is 16.7. The molecule has 0 bridgehead atoms. The van der Waals surface area contributed by atoms with E-state index in [0.717, 1.165) is 24.1 Å². The fraction of sp³-hybridized carbons (Fsp3) is 0.444. The van der Waals surface area contributed by atoms with E-state index in [1.54, 1.807) is 23.0 Å². The van der Waals surface area contributed by atoms with Crippen molar-refractivity contribution in [2.45, 2.75) is 30.7 Å². The largest absolute Gasteiger partial charge is 0.381 e. The molecule has 2 heterocycles. The van der Waals surface area contributed by atoms with Gasteiger partial charge in [0.15, 0.2) is 0 Å². The molecule has 2 aromatic rings. The lowest BCUT2D eigenvalue weighted by atomic mass is 10.0. The Morgan fingerprint density at radius 2 is 2.33 bits per heavy atom. The van der Waals surface area contributed by atoms with Crippen molar-refractivity contribution in [2.75, 3.05) is 13.2 Å². The topological polar surface area (TPSA) is 56.2 Å². The quantitative estimate of drug-likeness (QED) is 0.937. The van der Waals surface area contributed by atoms with Crippen LogP contribution in [0.3, 0.4) is 0 Å². The van der Waals surface area contributed by atoms with Crippen molar-refractivity contribution in [3.8, 4) is 0 Å². The Morgan fingerprint density at radius 3 is 3.08 bits per heavy atom. The molecule has 5 nitrogen and oxygen atoms in total. The Hall–Kier alpha value is -2.21. The number of aromatic nitrogens is 2. The second-order valence-corrected chi connectivity index (χ2v) is 6.64. The van der Waals surface area contributed by atoms with Crippen LogP contribution in [0.15, 0.2) is 30.5 Å². The first-order valence-electron chi connectivity index (χ1n) is 8.29. The van der Waals surface area contributed by atoms with E-state index in [4.69, 9.17) is 4.74 Å². The van der Waals surface area contributed by atoms with Gasteiger partial charge in [0.2, 0.25) is 0 Å². The van der Waals surface area contributed by atoms with Crippen LogP contribution in [0.4, 0.5) is 4.39 Å². The van der Waals surface area contributed by atoms with Crippen molar-refractivity contribution in [3.05, 3.63) is 53.1 Å². The Labute approximate surface area is 139 Å². The predicted molar refractivity (Wildman–Crippen MR) is 86.4 cm³/mol. The molecule has 0 spiro atoms. The predicted octanol–water partition coefficient (Wildman–Crippen LogP) is 2.35. The molecular formula is C18H20FN3O2. The maximum absolute atomic E-state index is 13.3. The van der Waals surface area contributed by atoms with Crippen molar-refractivity contribution in [2.24, 2.45) is 7.05 Å². The number of hydrogen-bond acceptors (Lipinski definition) is 3. The number of carbonyl (C=O) groups is 1. The molecule has 3 atom stereocenters. The van der Waals surface area contributed by atoms with Gasteiger partial charge in [-0.05, 0) is 30.5 Å². The molecule has 1 amide bonds. The van der Waals surface area contributed by atoms with E-state index >= 15 is 0 Å². The second-order valence-electron chi connectivity index (χ2n) is 6.64. The molecule has 126 valence electrons. The highest BCUT2D eigenvalue weighted by Gasteiger charge is 2.40. The van der Waals surface area contributed by atoms with Gasteiger partial charge in [0.25, 0.3) is 5.91 Å². The number of rotatable bonds is 4. The van der Waals surface area contributed by atoms with Gasteiger partial charge in [-0.15, -0.1) is 0 Å². The first kappa shape index (κ1) is 15.3. The SMILES string of the molecule is Cn1cc(C(=O)NC2CC2c2cccc(F)c2)c(C2CCOC2)n1. The normalized spacial score (nSPS) is 25.7. The average Bonchev–Trinajstić information content (AvgIpc) is 2.97. The number of halogens is 1. The van der Waals surface area contributed by atoms with Crippen molar-refractivity contribution in [1.29, 1.82) is 0 Å². The van der Waals surface area contributed by atoms with Gasteiger partial charge in [-0.3, -0.25) is 9.48 Å². The summed E-state index contributed by atoms with van der Waals surface area (Å²) in [4.78, 5) is 12.7. The number of amides is 1. The molecule has 1 N–H and O–H groups in total. The summed E-state index contributed by atoms with van der Waals surface area (Å²) in [6, 6.07) is 6.66. The highest BCUT2D eigenvalue weighted by Crippen LogP contribution is 2.41. The molecule has 24 heavy (non-hydrogen) atoms. The lowest BCUT2D eigenvalue weighted by Crippen LogP contribution is -2.27. The maximum Gasteiger partial charge on any atom is 0.255 e. The summed E-state index contributed by atoms with van der Waals surface area (Å²) < 4.78 is 20.4. The number of ether oxygens (including phenoxy) is 1. The Kier molecular flexibility index (Phi) is 3.84. The van der Waals surface area contributed by atoms with Gasteiger partial charge < -0.3 is 10.1 Å². The minimum absolute atomic E-state index is 0.0622. The van der Waals surface area contributed by atoms with Crippen LogP contribution >= 0.6 is 0 Å². The van der Waals surface area contributed by atoms with Crippen molar-refractivity contribution < 1.29 is 13.9 Å². The van der Waals surface area contributed by atoms with Crippen LogP contribution in [-0.2, 0) is 11.8 Å². The summed E-state index contributed by atoms with van der Waals surface area (Å²) in [6.45, 7) is 1.33. The van der Waals surface area contributed by atoms with Crippen molar-refractivity contribution >= 4 is 5.91 Å². The fourth-order valence-corrected chi connectivity index (χ4v) is 3.44. The molecule has 1 saturated heterocycles. The van der Waals surface area contributed by atoms with Gasteiger partial charge in [0.1, 0.15) is 5.82 Å². The van der Waals surface area contributed by atoms with Gasteiger partial charge in [-0.1, -0.05) is 12.1 Å². The van der Waals surface area contributed by atoms with Gasteiger partial charge in [0.05, 0.1) is 17.9 Å². The number of hydrogen-bond donors (Lipinski definition) is 1. The summed E-state index contributed by atoms with van der Waals surface area (Å²) >= 11 is 0. The molecule has 0 radical (unpaired) electrons. The van der Waals surface area contributed by atoms with Gasteiger partial charge in [-0.25, -0.2) is 4.39 Å². The highest BCUT2D eigenvalue weighted by molar-refractivity contribution is 5.95. The molecule has 4 rings (SSSR count). The zero-order valence-electron chi connectivity index (χ0n) is 13.5. The van der Waals surface area contributed by atoms with Crippen LogP contribution in [0.5, 0.6) is 0 Å². The van der Waals surface area contributed by atoms with Crippen LogP contribution in [0.1, 0.15) is 46.3 Å². The zero-order valence-corrected chi connectivity index (χ0v) is 13.5. The van der Waals surface area contributed by atoms with Crippen molar-refractivity contribution in [1.82, 2.24) is 15.1 Å². The third kappa shape index (κ3) is 2.94. The average molecular weight is 329 g/mol. The first-order chi connectivity index (χ1) is 11.6. The molecule has 1 aliphatic carbocycles. The van der Waals surface area contributed by atoms with E-state index in [1.807, 2.05) is 13.1 Å². The van der Waals surface area contributed by atoms with Gasteiger partial charge in [-0.2, -0.15) is 5.10 Å². The molecule has 1 saturated carbocycles. The van der Waals surface area contributed by atoms with E-state index in [2.05, 4.69) is 10.4 Å². The Bertz CT molecular complexity index is 767. The monoisotopic (exact) mass is 329 g/mol. The number of aryl methyl sites for hydroxylation is 1. The van der Waals surface area contributed by atoms with E-state index in [-0.39, 0.29) is 29.6 Å². The maximum atomic E-state index is 13.3. The van der Waals surface area contributed by atoms with E-state index in [0.29, 0.717) is 18.8 Å².